The average molecular weight is 316 g/mol. The van der Waals surface area contributed by atoms with Gasteiger partial charge < -0.3 is 21.1 Å². The number of carbonyl (C=O) groups is 1. The topological polar surface area (TPSA) is 85.8 Å². The van der Waals surface area contributed by atoms with E-state index in [9.17, 15) is 9.90 Å². The van der Waals surface area contributed by atoms with Gasteiger partial charge in [0.15, 0.2) is 5.96 Å². The maximum atomic E-state index is 12.0. The monoisotopic (exact) mass is 316 g/mol. The molecule has 1 amide bonds. The zero-order valence-electron chi connectivity index (χ0n) is 13.4. The number of phenols is 1. The standard InChI is InChI=1S/C17H24N4O2/c1-2-18-17(21-13-7-3-4-8-13)20-12-11-19-16(23)14-9-5-6-10-15(14)22/h3-6,9-10,13,22H,2,7-8,11-12H2,1H3,(H,19,23)(H2,18,20,21). The zero-order valence-corrected chi connectivity index (χ0v) is 13.4. The van der Waals surface area contributed by atoms with Gasteiger partial charge >= 0.3 is 0 Å². The van der Waals surface area contributed by atoms with E-state index >= 15 is 0 Å². The van der Waals surface area contributed by atoms with Crippen molar-refractivity contribution in [2.75, 3.05) is 19.6 Å². The average Bonchev–Trinajstić information content (AvgIpc) is 3.05. The molecule has 1 aromatic rings. The summed E-state index contributed by atoms with van der Waals surface area (Å²) in [7, 11) is 0. The third-order valence-electron chi connectivity index (χ3n) is 3.51. The molecule has 0 aromatic heterocycles. The summed E-state index contributed by atoms with van der Waals surface area (Å²) in [4.78, 5) is 16.4. The van der Waals surface area contributed by atoms with Crippen molar-refractivity contribution in [1.29, 1.82) is 0 Å². The van der Waals surface area contributed by atoms with Crippen LogP contribution in [0.3, 0.4) is 0 Å². The summed E-state index contributed by atoms with van der Waals surface area (Å²) < 4.78 is 0. The van der Waals surface area contributed by atoms with Gasteiger partial charge in [-0.3, -0.25) is 9.79 Å². The zero-order chi connectivity index (χ0) is 16.5. The van der Waals surface area contributed by atoms with E-state index in [0.717, 1.165) is 25.3 Å². The summed E-state index contributed by atoms with van der Waals surface area (Å²) in [5.41, 5.74) is 0.276. The van der Waals surface area contributed by atoms with Gasteiger partial charge in [-0.2, -0.15) is 0 Å². The summed E-state index contributed by atoms with van der Waals surface area (Å²) in [6.45, 7) is 3.68. The second-order valence-corrected chi connectivity index (χ2v) is 5.32. The first-order chi connectivity index (χ1) is 11.2. The number of rotatable bonds is 6. The van der Waals surface area contributed by atoms with Crippen LogP contribution in [0.1, 0.15) is 30.1 Å². The molecule has 0 saturated heterocycles. The second kappa shape index (κ2) is 8.82. The molecular formula is C17H24N4O2. The smallest absolute Gasteiger partial charge is 0.255 e. The van der Waals surface area contributed by atoms with Gasteiger partial charge in [0, 0.05) is 19.1 Å². The molecule has 0 unspecified atom stereocenters. The third kappa shape index (κ3) is 5.32. The summed E-state index contributed by atoms with van der Waals surface area (Å²) in [6, 6.07) is 6.88. The first-order valence-electron chi connectivity index (χ1n) is 7.96. The van der Waals surface area contributed by atoms with E-state index in [1.807, 2.05) is 6.92 Å². The fourth-order valence-electron chi connectivity index (χ4n) is 2.35. The molecule has 0 radical (unpaired) electrons. The van der Waals surface area contributed by atoms with Crippen molar-refractivity contribution in [3.8, 4) is 5.75 Å². The van der Waals surface area contributed by atoms with Gasteiger partial charge in [0.25, 0.3) is 5.91 Å². The second-order valence-electron chi connectivity index (χ2n) is 5.32. The number of benzene rings is 1. The molecule has 2 rings (SSSR count). The number of para-hydroxylation sites is 1. The lowest BCUT2D eigenvalue weighted by Gasteiger charge is -2.16. The Kier molecular flexibility index (Phi) is 6.47. The number of carbonyl (C=O) groups excluding carboxylic acids is 1. The Hall–Kier alpha value is -2.50. The lowest BCUT2D eigenvalue weighted by molar-refractivity contribution is 0.0952. The van der Waals surface area contributed by atoms with Gasteiger partial charge in [0.1, 0.15) is 5.75 Å². The number of nitrogens with zero attached hydrogens (tertiary/aromatic N) is 1. The molecule has 0 saturated carbocycles. The van der Waals surface area contributed by atoms with E-state index in [0.29, 0.717) is 19.1 Å². The van der Waals surface area contributed by atoms with Crippen molar-refractivity contribution in [3.05, 3.63) is 42.0 Å². The first-order valence-corrected chi connectivity index (χ1v) is 7.96. The highest BCUT2D eigenvalue weighted by Crippen LogP contribution is 2.14. The summed E-state index contributed by atoms with van der Waals surface area (Å²) in [5, 5.41) is 19.0. The molecule has 0 fully saturated rings. The number of hydrogen-bond donors (Lipinski definition) is 4. The highest BCUT2D eigenvalue weighted by atomic mass is 16.3. The molecule has 1 aliphatic rings. The van der Waals surface area contributed by atoms with E-state index in [4.69, 9.17) is 0 Å². The third-order valence-corrected chi connectivity index (χ3v) is 3.51. The molecule has 0 spiro atoms. The van der Waals surface area contributed by atoms with Crippen LogP contribution >= 0.6 is 0 Å². The Balaban J connectivity index is 1.79. The van der Waals surface area contributed by atoms with Gasteiger partial charge in [-0.1, -0.05) is 24.3 Å². The number of aliphatic imine (C=N–C) groups is 1. The Morgan fingerprint density at radius 3 is 2.70 bits per heavy atom. The van der Waals surface area contributed by atoms with Crippen LogP contribution in [-0.4, -0.2) is 42.6 Å². The Labute approximate surface area is 136 Å². The quantitative estimate of drug-likeness (QED) is 0.276. The highest BCUT2D eigenvalue weighted by molar-refractivity contribution is 5.96. The Morgan fingerprint density at radius 2 is 2.00 bits per heavy atom. The molecule has 124 valence electrons. The van der Waals surface area contributed by atoms with Gasteiger partial charge in [-0.05, 0) is 31.9 Å². The first kappa shape index (κ1) is 16.9. The van der Waals surface area contributed by atoms with Crippen molar-refractivity contribution in [2.24, 2.45) is 4.99 Å². The minimum Gasteiger partial charge on any atom is -0.507 e. The lowest BCUT2D eigenvalue weighted by Crippen LogP contribution is -2.43. The number of phenolic OH excluding ortho intramolecular Hbond substituents is 1. The minimum atomic E-state index is -0.295. The van der Waals surface area contributed by atoms with E-state index < -0.39 is 0 Å². The normalized spacial score (nSPS) is 14.7. The van der Waals surface area contributed by atoms with Crippen LogP contribution in [0.4, 0.5) is 0 Å². The Morgan fingerprint density at radius 1 is 1.26 bits per heavy atom. The van der Waals surface area contributed by atoms with Crippen LogP contribution in [0, 0.1) is 0 Å². The number of guanidine groups is 1. The van der Waals surface area contributed by atoms with Crippen molar-refractivity contribution < 1.29 is 9.90 Å². The molecule has 0 bridgehead atoms. The number of amides is 1. The van der Waals surface area contributed by atoms with E-state index in [1.54, 1.807) is 18.2 Å². The minimum absolute atomic E-state index is 0.0164. The fraction of sp³-hybridized carbons (Fsp3) is 0.412. The fourth-order valence-corrected chi connectivity index (χ4v) is 2.35. The SMILES string of the molecule is CCNC(=NCCNC(=O)c1ccccc1O)NC1CC=CC1. The molecular weight excluding hydrogens is 292 g/mol. The highest BCUT2D eigenvalue weighted by Gasteiger charge is 2.12. The van der Waals surface area contributed by atoms with Crippen LogP contribution in [0.5, 0.6) is 5.75 Å². The number of aromatic hydroxyl groups is 1. The van der Waals surface area contributed by atoms with Gasteiger partial charge in [-0.15, -0.1) is 0 Å². The van der Waals surface area contributed by atoms with Crippen LogP contribution in [-0.2, 0) is 0 Å². The van der Waals surface area contributed by atoms with E-state index in [1.165, 1.54) is 6.07 Å². The molecule has 0 atom stereocenters. The van der Waals surface area contributed by atoms with Crippen LogP contribution in [0.2, 0.25) is 0 Å². The summed E-state index contributed by atoms with van der Waals surface area (Å²) in [5.74, 6) is 0.450. The molecule has 1 aromatic carbocycles. The van der Waals surface area contributed by atoms with Crippen LogP contribution in [0.25, 0.3) is 0 Å². The molecule has 1 aliphatic carbocycles. The van der Waals surface area contributed by atoms with E-state index in [-0.39, 0.29) is 17.2 Å². The summed E-state index contributed by atoms with van der Waals surface area (Å²) in [6.07, 6.45) is 6.34. The van der Waals surface area contributed by atoms with Crippen molar-refractivity contribution in [1.82, 2.24) is 16.0 Å². The number of hydrogen-bond acceptors (Lipinski definition) is 3. The lowest BCUT2D eigenvalue weighted by atomic mass is 10.2. The molecule has 6 heteroatoms. The summed E-state index contributed by atoms with van der Waals surface area (Å²) >= 11 is 0. The maximum absolute atomic E-state index is 12.0. The van der Waals surface area contributed by atoms with Crippen molar-refractivity contribution in [2.45, 2.75) is 25.8 Å². The van der Waals surface area contributed by atoms with Gasteiger partial charge in [0.2, 0.25) is 0 Å². The molecule has 0 aliphatic heterocycles. The predicted octanol–water partition coefficient (Wildman–Crippen LogP) is 1.40. The molecule has 6 nitrogen and oxygen atoms in total. The molecule has 0 heterocycles. The van der Waals surface area contributed by atoms with E-state index in [2.05, 4.69) is 33.1 Å². The van der Waals surface area contributed by atoms with Crippen LogP contribution < -0.4 is 16.0 Å². The van der Waals surface area contributed by atoms with Crippen LogP contribution in [0.15, 0.2) is 41.4 Å². The van der Waals surface area contributed by atoms with Gasteiger partial charge in [-0.25, -0.2) is 0 Å². The number of nitrogens with one attached hydrogen (secondary N) is 3. The largest absolute Gasteiger partial charge is 0.507 e. The maximum Gasteiger partial charge on any atom is 0.255 e. The predicted molar refractivity (Wildman–Crippen MR) is 91.7 cm³/mol. The van der Waals surface area contributed by atoms with Crippen molar-refractivity contribution in [3.63, 3.8) is 0 Å². The Bertz CT molecular complexity index is 576. The van der Waals surface area contributed by atoms with Crippen molar-refractivity contribution >= 4 is 11.9 Å². The van der Waals surface area contributed by atoms with Gasteiger partial charge in [0.05, 0.1) is 12.1 Å². The molecule has 4 N–H and O–H groups in total. The molecule has 23 heavy (non-hydrogen) atoms.